The smallest absolute Gasteiger partial charge is 0.417 e. The van der Waals surface area contributed by atoms with E-state index in [1.54, 1.807) is 24.3 Å². The standard InChI is InChI=1S/C17H19NO7/c1-23-15(20)12-8-13(16(21)24-2)18(14(19)9-12)17(22)25-10-11-6-4-3-5-7-11/h3-7,12-13H,8-10H2,1-2H3/t12-,13-/m0/s1. The number of imide groups is 1. The van der Waals surface area contributed by atoms with Gasteiger partial charge in [-0.1, -0.05) is 30.3 Å². The van der Waals surface area contributed by atoms with Crippen LogP contribution in [-0.2, 0) is 35.2 Å². The number of rotatable bonds is 4. The molecule has 0 bridgehead atoms. The summed E-state index contributed by atoms with van der Waals surface area (Å²) in [6.45, 7) is -0.0439. The normalized spacial score (nSPS) is 19.9. The van der Waals surface area contributed by atoms with Gasteiger partial charge in [0.15, 0.2) is 0 Å². The molecule has 134 valence electrons. The summed E-state index contributed by atoms with van der Waals surface area (Å²) >= 11 is 0. The summed E-state index contributed by atoms with van der Waals surface area (Å²) < 4.78 is 14.4. The lowest BCUT2D eigenvalue weighted by molar-refractivity contribution is -0.160. The topological polar surface area (TPSA) is 99.2 Å². The summed E-state index contributed by atoms with van der Waals surface area (Å²) in [5.74, 6) is -2.90. The molecule has 1 fully saturated rings. The van der Waals surface area contributed by atoms with E-state index in [1.165, 1.54) is 7.11 Å². The summed E-state index contributed by atoms with van der Waals surface area (Å²) in [6, 6.07) is 7.69. The van der Waals surface area contributed by atoms with Gasteiger partial charge in [-0.3, -0.25) is 9.59 Å². The van der Waals surface area contributed by atoms with Gasteiger partial charge in [0.05, 0.1) is 20.1 Å². The van der Waals surface area contributed by atoms with Crippen molar-refractivity contribution in [3.8, 4) is 0 Å². The Morgan fingerprint density at radius 1 is 1.08 bits per heavy atom. The Morgan fingerprint density at radius 3 is 2.32 bits per heavy atom. The first-order valence-electron chi connectivity index (χ1n) is 7.66. The van der Waals surface area contributed by atoms with E-state index in [-0.39, 0.29) is 19.4 Å². The van der Waals surface area contributed by atoms with E-state index in [4.69, 9.17) is 4.74 Å². The lowest BCUT2D eigenvalue weighted by Crippen LogP contribution is -2.54. The highest BCUT2D eigenvalue weighted by Crippen LogP contribution is 2.27. The highest BCUT2D eigenvalue weighted by molar-refractivity contribution is 5.99. The maximum absolute atomic E-state index is 12.3. The van der Waals surface area contributed by atoms with Gasteiger partial charge in [0.25, 0.3) is 0 Å². The quantitative estimate of drug-likeness (QED) is 0.596. The van der Waals surface area contributed by atoms with Crippen molar-refractivity contribution in [3.63, 3.8) is 0 Å². The second kappa shape index (κ2) is 8.27. The third kappa shape index (κ3) is 4.34. The number of ether oxygens (including phenoxy) is 3. The van der Waals surface area contributed by atoms with Crippen LogP contribution in [0.5, 0.6) is 0 Å². The number of carbonyl (C=O) groups excluding carboxylic acids is 4. The van der Waals surface area contributed by atoms with Crippen LogP contribution in [-0.4, -0.2) is 49.1 Å². The third-order valence-corrected chi connectivity index (χ3v) is 3.92. The number of esters is 2. The molecule has 0 unspecified atom stereocenters. The molecule has 2 rings (SSSR count). The molecule has 0 saturated carbocycles. The van der Waals surface area contributed by atoms with E-state index in [0.717, 1.165) is 12.7 Å². The number of hydrogen-bond donors (Lipinski definition) is 0. The predicted molar refractivity (Wildman–Crippen MR) is 84.0 cm³/mol. The molecule has 1 aliphatic heterocycles. The molecule has 0 spiro atoms. The lowest BCUT2D eigenvalue weighted by Gasteiger charge is -2.34. The zero-order valence-corrected chi connectivity index (χ0v) is 14.0. The van der Waals surface area contributed by atoms with Crippen LogP contribution < -0.4 is 0 Å². The van der Waals surface area contributed by atoms with Gasteiger partial charge in [0.2, 0.25) is 5.91 Å². The van der Waals surface area contributed by atoms with E-state index < -0.39 is 35.9 Å². The van der Waals surface area contributed by atoms with Gasteiger partial charge in [-0.25, -0.2) is 14.5 Å². The van der Waals surface area contributed by atoms with E-state index in [1.807, 2.05) is 6.07 Å². The molecular formula is C17H19NO7. The molecule has 8 nitrogen and oxygen atoms in total. The van der Waals surface area contributed by atoms with Crippen molar-refractivity contribution in [2.45, 2.75) is 25.5 Å². The maximum atomic E-state index is 12.3. The van der Waals surface area contributed by atoms with Gasteiger partial charge in [-0.15, -0.1) is 0 Å². The summed E-state index contributed by atoms with van der Waals surface area (Å²) in [5.41, 5.74) is 0.738. The monoisotopic (exact) mass is 349 g/mol. The Labute approximate surface area is 144 Å². The van der Waals surface area contributed by atoms with Crippen molar-refractivity contribution in [2.24, 2.45) is 5.92 Å². The Kier molecular flexibility index (Phi) is 6.10. The molecule has 0 N–H and O–H groups in total. The fourth-order valence-corrected chi connectivity index (χ4v) is 2.64. The second-order valence-corrected chi connectivity index (χ2v) is 5.50. The van der Waals surface area contributed by atoms with Crippen molar-refractivity contribution < 1.29 is 33.4 Å². The number of carbonyl (C=O) groups is 4. The highest BCUT2D eigenvalue weighted by Gasteiger charge is 2.45. The molecule has 0 aromatic heterocycles. The van der Waals surface area contributed by atoms with Crippen LogP contribution in [0.1, 0.15) is 18.4 Å². The number of benzene rings is 1. The maximum Gasteiger partial charge on any atom is 0.417 e. The molecule has 1 heterocycles. The van der Waals surface area contributed by atoms with Crippen LogP contribution in [0, 0.1) is 5.92 Å². The fraction of sp³-hybridized carbons (Fsp3) is 0.412. The molecule has 0 aliphatic carbocycles. The molecule has 0 radical (unpaired) electrons. The van der Waals surface area contributed by atoms with E-state index >= 15 is 0 Å². The highest BCUT2D eigenvalue weighted by atomic mass is 16.6. The summed E-state index contributed by atoms with van der Waals surface area (Å²) in [5, 5.41) is 0. The van der Waals surface area contributed by atoms with Crippen molar-refractivity contribution >= 4 is 23.9 Å². The minimum Gasteiger partial charge on any atom is -0.469 e. The number of likely N-dealkylation sites (tertiary alicyclic amines) is 1. The molecule has 25 heavy (non-hydrogen) atoms. The van der Waals surface area contributed by atoms with Crippen LogP contribution in [0.3, 0.4) is 0 Å². The van der Waals surface area contributed by atoms with Crippen LogP contribution >= 0.6 is 0 Å². The van der Waals surface area contributed by atoms with E-state index in [0.29, 0.717) is 4.90 Å². The average molecular weight is 349 g/mol. The van der Waals surface area contributed by atoms with Gasteiger partial charge in [0, 0.05) is 6.42 Å². The first kappa shape index (κ1) is 18.4. The zero-order chi connectivity index (χ0) is 18.4. The number of amides is 2. The van der Waals surface area contributed by atoms with Crippen LogP contribution in [0.4, 0.5) is 4.79 Å². The Balaban J connectivity index is 2.12. The molecule has 1 aromatic rings. The van der Waals surface area contributed by atoms with Gasteiger partial charge < -0.3 is 14.2 Å². The SMILES string of the molecule is COC(=O)[C@@H]1CC(=O)N(C(=O)OCc2ccccc2)[C@H](C(=O)OC)C1. The summed E-state index contributed by atoms with van der Waals surface area (Å²) in [4.78, 5) is 49.0. The Hall–Kier alpha value is -2.90. The largest absolute Gasteiger partial charge is 0.469 e. The van der Waals surface area contributed by atoms with Crippen LogP contribution in [0.25, 0.3) is 0 Å². The molecule has 1 saturated heterocycles. The van der Waals surface area contributed by atoms with Crippen molar-refractivity contribution in [2.75, 3.05) is 14.2 Å². The average Bonchev–Trinajstić information content (AvgIpc) is 2.64. The van der Waals surface area contributed by atoms with Crippen molar-refractivity contribution in [1.29, 1.82) is 0 Å². The van der Waals surface area contributed by atoms with Gasteiger partial charge in [-0.05, 0) is 12.0 Å². The minimum atomic E-state index is -1.22. The van der Waals surface area contributed by atoms with E-state index in [2.05, 4.69) is 9.47 Å². The first-order chi connectivity index (χ1) is 12.0. The summed E-state index contributed by atoms with van der Waals surface area (Å²) in [7, 11) is 2.34. The lowest BCUT2D eigenvalue weighted by atomic mass is 9.90. The van der Waals surface area contributed by atoms with Crippen LogP contribution in [0.2, 0.25) is 0 Å². The first-order valence-corrected chi connectivity index (χ1v) is 7.66. The number of methoxy groups -OCH3 is 2. The zero-order valence-electron chi connectivity index (χ0n) is 14.0. The van der Waals surface area contributed by atoms with Gasteiger partial charge in [-0.2, -0.15) is 0 Å². The Bertz CT molecular complexity index is 658. The second-order valence-electron chi connectivity index (χ2n) is 5.50. The predicted octanol–water partition coefficient (Wildman–Crippen LogP) is 1.28. The summed E-state index contributed by atoms with van der Waals surface area (Å²) in [6.07, 6.45) is -1.25. The fourth-order valence-electron chi connectivity index (χ4n) is 2.64. The minimum absolute atomic E-state index is 0.0439. The van der Waals surface area contributed by atoms with Crippen molar-refractivity contribution in [1.82, 2.24) is 4.90 Å². The molecule has 2 atom stereocenters. The molecule has 1 aliphatic rings. The van der Waals surface area contributed by atoms with Gasteiger partial charge >= 0.3 is 18.0 Å². The molecule has 8 heteroatoms. The van der Waals surface area contributed by atoms with Gasteiger partial charge in [0.1, 0.15) is 12.6 Å². The van der Waals surface area contributed by atoms with Crippen LogP contribution in [0.15, 0.2) is 30.3 Å². The van der Waals surface area contributed by atoms with Crippen molar-refractivity contribution in [3.05, 3.63) is 35.9 Å². The number of nitrogens with zero attached hydrogens (tertiary/aromatic N) is 1. The molecule has 1 aromatic carbocycles. The molecule has 2 amide bonds. The van der Waals surface area contributed by atoms with E-state index in [9.17, 15) is 19.2 Å². The number of piperidine rings is 1. The number of hydrogen-bond acceptors (Lipinski definition) is 7. The Morgan fingerprint density at radius 2 is 1.72 bits per heavy atom. The molecular weight excluding hydrogens is 330 g/mol. The third-order valence-electron chi connectivity index (χ3n) is 3.92.